The van der Waals surface area contributed by atoms with Gasteiger partial charge in [-0.1, -0.05) is 48.5 Å². The number of carbonyl (C=O) groups is 3. The highest BCUT2D eigenvalue weighted by Crippen LogP contribution is 2.19. The summed E-state index contributed by atoms with van der Waals surface area (Å²) < 4.78 is 5.21. The van der Waals surface area contributed by atoms with Crippen LogP contribution in [0.1, 0.15) is 38.3 Å². The summed E-state index contributed by atoms with van der Waals surface area (Å²) in [5.74, 6) is -1.44. The van der Waals surface area contributed by atoms with Gasteiger partial charge in [0.05, 0.1) is 12.1 Å². The minimum Gasteiger partial charge on any atom is -0.464 e. The highest BCUT2D eigenvalue weighted by molar-refractivity contribution is 5.94. The maximum absolute atomic E-state index is 13.4. The lowest BCUT2D eigenvalue weighted by atomic mass is 10.0. The van der Waals surface area contributed by atoms with Crippen molar-refractivity contribution in [1.29, 1.82) is 0 Å². The van der Waals surface area contributed by atoms with Crippen LogP contribution in [0.3, 0.4) is 0 Å². The summed E-state index contributed by atoms with van der Waals surface area (Å²) in [7, 11) is 0. The number of rotatable bonds is 11. The predicted octanol–water partition coefficient (Wildman–Crippen LogP) is 2.61. The number of esters is 1. The molecule has 3 rings (SSSR count). The average molecular weight is 479 g/mol. The number of H-pyrrole nitrogens is 1. The van der Waals surface area contributed by atoms with Crippen molar-refractivity contribution in [2.24, 2.45) is 5.73 Å². The number of ether oxygens (including phenoxy) is 1. The van der Waals surface area contributed by atoms with Gasteiger partial charge in [0.25, 0.3) is 0 Å². The van der Waals surface area contributed by atoms with Crippen molar-refractivity contribution in [2.45, 2.75) is 57.7 Å². The van der Waals surface area contributed by atoms with E-state index in [-0.39, 0.29) is 13.0 Å². The first-order valence-electron chi connectivity index (χ1n) is 11.8. The highest BCUT2D eigenvalue weighted by atomic mass is 16.5. The monoisotopic (exact) mass is 478 g/mol. The van der Waals surface area contributed by atoms with Gasteiger partial charge in [0.2, 0.25) is 11.8 Å². The number of nitrogens with one attached hydrogen (secondary N) is 3. The van der Waals surface area contributed by atoms with Crippen molar-refractivity contribution in [3.05, 3.63) is 71.9 Å². The topological polar surface area (TPSA) is 126 Å². The normalized spacial score (nSPS) is 13.1. The molecule has 1 heterocycles. The van der Waals surface area contributed by atoms with E-state index in [1.54, 1.807) is 20.8 Å². The number of aryl methyl sites for hydroxylation is 1. The van der Waals surface area contributed by atoms with E-state index in [1.165, 1.54) is 0 Å². The van der Waals surface area contributed by atoms with E-state index < -0.39 is 35.4 Å². The Kier molecular flexibility index (Phi) is 8.65. The Morgan fingerprint density at radius 3 is 2.37 bits per heavy atom. The van der Waals surface area contributed by atoms with Gasteiger partial charge in [-0.2, -0.15) is 0 Å². The molecule has 0 aliphatic heterocycles. The zero-order valence-electron chi connectivity index (χ0n) is 20.5. The van der Waals surface area contributed by atoms with Gasteiger partial charge in [-0.25, -0.2) is 4.79 Å². The Morgan fingerprint density at radius 1 is 1.00 bits per heavy atom. The summed E-state index contributed by atoms with van der Waals surface area (Å²) in [4.78, 5) is 41.9. The van der Waals surface area contributed by atoms with E-state index >= 15 is 0 Å². The van der Waals surface area contributed by atoms with Gasteiger partial charge in [-0.3, -0.25) is 9.59 Å². The molecule has 35 heavy (non-hydrogen) atoms. The fraction of sp³-hybridized carbons (Fsp3) is 0.370. The Labute approximate surface area is 205 Å². The number of hydrogen-bond acceptors (Lipinski definition) is 5. The van der Waals surface area contributed by atoms with E-state index in [4.69, 9.17) is 10.5 Å². The molecule has 0 saturated carbocycles. The maximum Gasteiger partial charge on any atom is 0.328 e. The van der Waals surface area contributed by atoms with Crippen LogP contribution in [0.5, 0.6) is 0 Å². The van der Waals surface area contributed by atoms with E-state index in [0.29, 0.717) is 12.8 Å². The molecule has 0 saturated heterocycles. The molecule has 0 aliphatic rings. The molecule has 0 spiro atoms. The molecule has 186 valence electrons. The van der Waals surface area contributed by atoms with Crippen molar-refractivity contribution in [1.82, 2.24) is 15.6 Å². The molecule has 0 fully saturated rings. The number of benzene rings is 2. The highest BCUT2D eigenvalue weighted by Gasteiger charge is 2.31. The van der Waals surface area contributed by atoms with E-state index in [0.717, 1.165) is 22.0 Å². The van der Waals surface area contributed by atoms with Crippen LogP contribution in [0.4, 0.5) is 0 Å². The van der Waals surface area contributed by atoms with E-state index in [9.17, 15) is 14.4 Å². The third kappa shape index (κ3) is 7.16. The fourth-order valence-electron chi connectivity index (χ4n) is 3.79. The second-order valence-electron chi connectivity index (χ2n) is 9.15. The van der Waals surface area contributed by atoms with Crippen LogP contribution in [-0.2, 0) is 32.0 Å². The standard InChI is InChI=1S/C27H34N4O4/c1-4-35-25(33)22(15-14-18-10-6-5-7-11-18)30-24(32)23(31-26(34)27(2,3)28)16-19-17-29-21-13-9-8-12-20(19)21/h5-13,17,22-23,29H,4,14-16,28H2,1-3H3,(H,30,32)(H,31,34)/t22-,23-/m0/s1. The maximum atomic E-state index is 13.4. The smallest absolute Gasteiger partial charge is 0.328 e. The van der Waals surface area contributed by atoms with Crippen LogP contribution in [0.15, 0.2) is 60.8 Å². The Hall–Kier alpha value is -3.65. The molecule has 0 radical (unpaired) electrons. The summed E-state index contributed by atoms with van der Waals surface area (Å²) in [5.41, 5.74) is 7.64. The second-order valence-corrected chi connectivity index (χ2v) is 9.15. The number of nitrogens with two attached hydrogens (primary N) is 1. The molecule has 2 atom stereocenters. The zero-order valence-corrected chi connectivity index (χ0v) is 20.5. The number of fused-ring (bicyclic) bond motifs is 1. The van der Waals surface area contributed by atoms with Crippen LogP contribution < -0.4 is 16.4 Å². The quantitative estimate of drug-likeness (QED) is 0.315. The van der Waals surface area contributed by atoms with Gasteiger partial charge in [-0.05, 0) is 50.8 Å². The molecular weight excluding hydrogens is 444 g/mol. The summed E-state index contributed by atoms with van der Waals surface area (Å²) in [5, 5.41) is 6.53. The number of hydrogen-bond donors (Lipinski definition) is 4. The molecule has 0 bridgehead atoms. The van der Waals surface area contributed by atoms with E-state index in [1.807, 2.05) is 60.8 Å². The number of carbonyl (C=O) groups excluding carboxylic acids is 3. The van der Waals surface area contributed by atoms with Crippen molar-refractivity contribution < 1.29 is 19.1 Å². The lowest BCUT2D eigenvalue weighted by Crippen LogP contribution is -2.58. The van der Waals surface area contributed by atoms with Gasteiger partial charge in [0.1, 0.15) is 12.1 Å². The number of amides is 2. The zero-order chi connectivity index (χ0) is 25.4. The Morgan fingerprint density at radius 2 is 1.69 bits per heavy atom. The minimum absolute atomic E-state index is 0.202. The summed E-state index contributed by atoms with van der Waals surface area (Å²) >= 11 is 0. The van der Waals surface area contributed by atoms with Crippen LogP contribution in [0, 0.1) is 0 Å². The number of para-hydroxylation sites is 1. The first-order chi connectivity index (χ1) is 16.7. The predicted molar refractivity (Wildman–Crippen MR) is 136 cm³/mol. The summed E-state index contributed by atoms with van der Waals surface area (Å²) in [6.45, 7) is 5.07. The molecule has 8 nitrogen and oxygen atoms in total. The average Bonchev–Trinajstić information content (AvgIpc) is 3.24. The van der Waals surface area contributed by atoms with E-state index in [2.05, 4.69) is 15.6 Å². The first-order valence-corrected chi connectivity index (χ1v) is 11.8. The number of aromatic amines is 1. The molecule has 5 N–H and O–H groups in total. The van der Waals surface area contributed by atoms with Gasteiger partial charge in [0.15, 0.2) is 0 Å². The van der Waals surface area contributed by atoms with Gasteiger partial charge < -0.3 is 26.1 Å². The van der Waals surface area contributed by atoms with Crippen molar-refractivity contribution in [3.63, 3.8) is 0 Å². The largest absolute Gasteiger partial charge is 0.464 e. The fourth-order valence-corrected chi connectivity index (χ4v) is 3.79. The SMILES string of the molecule is CCOC(=O)[C@H](CCc1ccccc1)NC(=O)[C@H](Cc1c[nH]c2ccccc12)NC(=O)C(C)(C)N. The number of aromatic nitrogens is 1. The van der Waals surface area contributed by atoms with Gasteiger partial charge >= 0.3 is 5.97 Å². The van der Waals surface area contributed by atoms with Crippen LogP contribution in [-0.4, -0.2) is 47.0 Å². The van der Waals surface area contributed by atoms with Crippen molar-refractivity contribution in [3.8, 4) is 0 Å². The molecule has 2 aromatic carbocycles. The lowest BCUT2D eigenvalue weighted by molar-refractivity contribution is -0.147. The second kappa shape index (κ2) is 11.7. The van der Waals surface area contributed by atoms with Crippen LogP contribution >= 0.6 is 0 Å². The minimum atomic E-state index is -1.17. The summed E-state index contributed by atoms with van der Waals surface area (Å²) in [6.07, 6.45) is 3.00. The molecule has 3 aromatic rings. The molecule has 0 unspecified atom stereocenters. The first kappa shape index (κ1) is 26.0. The third-order valence-electron chi connectivity index (χ3n) is 5.76. The molecule has 0 aliphatic carbocycles. The summed E-state index contributed by atoms with van der Waals surface area (Å²) in [6, 6.07) is 15.6. The van der Waals surface area contributed by atoms with Crippen LogP contribution in [0.25, 0.3) is 10.9 Å². The van der Waals surface area contributed by atoms with Crippen LogP contribution in [0.2, 0.25) is 0 Å². The molecule has 8 heteroatoms. The van der Waals surface area contributed by atoms with Gasteiger partial charge in [0, 0.05) is 23.5 Å². The van der Waals surface area contributed by atoms with Gasteiger partial charge in [-0.15, -0.1) is 0 Å². The molecular formula is C27H34N4O4. The Bertz CT molecular complexity index is 1150. The molecule has 1 aromatic heterocycles. The van der Waals surface area contributed by atoms with Crippen molar-refractivity contribution >= 4 is 28.7 Å². The Balaban J connectivity index is 1.81. The third-order valence-corrected chi connectivity index (χ3v) is 5.76. The molecule has 2 amide bonds. The van der Waals surface area contributed by atoms with Crippen molar-refractivity contribution in [2.75, 3.05) is 6.61 Å². The lowest BCUT2D eigenvalue weighted by Gasteiger charge is -2.26.